The monoisotopic (exact) mass is 278 g/mol. The zero-order valence-electron chi connectivity index (χ0n) is 12.0. The van der Waals surface area contributed by atoms with Crippen molar-refractivity contribution in [2.45, 2.75) is 32.3 Å². The highest BCUT2D eigenvalue weighted by atomic mass is 16.6. The number of esters is 1. The molecule has 0 saturated heterocycles. The van der Waals surface area contributed by atoms with E-state index in [1.54, 1.807) is 6.08 Å². The third-order valence-electron chi connectivity index (χ3n) is 2.89. The number of hydrogen-bond donors (Lipinski definition) is 1. The number of carbonyl (C=O) groups excluding carboxylic acids is 1. The Hall–Kier alpha value is -1.81. The molecule has 1 N–H and O–H groups in total. The molecule has 0 amide bonds. The van der Waals surface area contributed by atoms with E-state index in [-0.39, 0.29) is 11.9 Å². The molecule has 0 spiro atoms. The summed E-state index contributed by atoms with van der Waals surface area (Å²) in [5.41, 5.74) is 0.876. The summed E-state index contributed by atoms with van der Waals surface area (Å²) in [7, 11) is 1.32. The van der Waals surface area contributed by atoms with Gasteiger partial charge in [0.2, 0.25) is 5.76 Å². The molecule has 1 atom stereocenters. The molecule has 1 unspecified atom stereocenters. The van der Waals surface area contributed by atoms with Crippen molar-refractivity contribution in [3.8, 4) is 0 Å². The van der Waals surface area contributed by atoms with E-state index >= 15 is 0 Å². The smallest absolute Gasteiger partial charge is 0.373 e. The number of aliphatic hydroxyl groups is 1. The molecule has 1 aromatic carbocycles. The Morgan fingerprint density at radius 1 is 1.35 bits per heavy atom. The molecule has 0 saturated carbocycles. The first-order valence-electron chi connectivity index (χ1n) is 6.83. The number of aliphatic hydroxyl groups excluding tert-OH is 1. The van der Waals surface area contributed by atoms with Crippen LogP contribution in [0, 0.1) is 0 Å². The van der Waals surface area contributed by atoms with Crippen LogP contribution in [0.4, 0.5) is 0 Å². The van der Waals surface area contributed by atoms with Crippen LogP contribution in [0.5, 0.6) is 0 Å². The Morgan fingerprint density at radius 2 is 2.05 bits per heavy atom. The fraction of sp³-hybridized carbons (Fsp3) is 0.438. The van der Waals surface area contributed by atoms with Crippen LogP contribution in [0.15, 0.2) is 36.1 Å². The van der Waals surface area contributed by atoms with Gasteiger partial charge in [0.15, 0.2) is 0 Å². The average molecular weight is 278 g/mol. The normalized spacial score (nSPS) is 12.8. The van der Waals surface area contributed by atoms with Crippen LogP contribution in [-0.2, 0) is 14.3 Å². The lowest BCUT2D eigenvalue weighted by Crippen LogP contribution is -2.11. The summed E-state index contributed by atoms with van der Waals surface area (Å²) >= 11 is 0. The van der Waals surface area contributed by atoms with Crippen LogP contribution in [0.1, 0.15) is 31.7 Å². The van der Waals surface area contributed by atoms with Crippen molar-refractivity contribution in [2.75, 3.05) is 13.7 Å². The lowest BCUT2D eigenvalue weighted by Gasteiger charge is -2.10. The number of methoxy groups -OCH3 is 1. The second-order valence-electron chi connectivity index (χ2n) is 4.46. The largest absolute Gasteiger partial charge is 0.487 e. The highest BCUT2D eigenvalue weighted by Crippen LogP contribution is 2.11. The summed E-state index contributed by atoms with van der Waals surface area (Å²) in [5, 5.41) is 9.45. The summed E-state index contributed by atoms with van der Waals surface area (Å²) in [6.45, 7) is 2.31. The van der Waals surface area contributed by atoms with Crippen LogP contribution >= 0.6 is 0 Å². The van der Waals surface area contributed by atoms with Gasteiger partial charge < -0.3 is 14.6 Å². The lowest BCUT2D eigenvalue weighted by molar-refractivity contribution is -0.140. The second-order valence-corrected chi connectivity index (χ2v) is 4.46. The molecule has 20 heavy (non-hydrogen) atoms. The van der Waals surface area contributed by atoms with Crippen molar-refractivity contribution in [2.24, 2.45) is 0 Å². The van der Waals surface area contributed by atoms with Gasteiger partial charge in [-0.3, -0.25) is 0 Å². The van der Waals surface area contributed by atoms with E-state index in [1.165, 1.54) is 7.11 Å². The number of rotatable bonds is 8. The molecule has 0 aliphatic rings. The van der Waals surface area contributed by atoms with Gasteiger partial charge in [-0.25, -0.2) is 4.79 Å². The van der Waals surface area contributed by atoms with Gasteiger partial charge in [-0.05, 0) is 30.9 Å². The van der Waals surface area contributed by atoms with E-state index < -0.39 is 5.97 Å². The first-order chi connectivity index (χ1) is 9.67. The molecular weight excluding hydrogens is 256 g/mol. The maximum atomic E-state index is 11.6. The van der Waals surface area contributed by atoms with Crippen LogP contribution in [0.25, 0.3) is 6.08 Å². The molecule has 0 aromatic heterocycles. The van der Waals surface area contributed by atoms with Crippen LogP contribution < -0.4 is 0 Å². The molecule has 0 bridgehead atoms. The topological polar surface area (TPSA) is 55.8 Å². The maximum absolute atomic E-state index is 11.6. The van der Waals surface area contributed by atoms with Crippen molar-refractivity contribution in [1.29, 1.82) is 0 Å². The molecule has 110 valence electrons. The van der Waals surface area contributed by atoms with E-state index in [1.807, 2.05) is 37.3 Å². The summed E-state index contributed by atoms with van der Waals surface area (Å²) < 4.78 is 10.2. The van der Waals surface area contributed by atoms with E-state index in [9.17, 15) is 9.90 Å². The van der Waals surface area contributed by atoms with E-state index in [2.05, 4.69) is 0 Å². The minimum Gasteiger partial charge on any atom is -0.487 e. The van der Waals surface area contributed by atoms with Crippen molar-refractivity contribution in [1.82, 2.24) is 0 Å². The van der Waals surface area contributed by atoms with Gasteiger partial charge in [-0.2, -0.15) is 0 Å². The second kappa shape index (κ2) is 9.15. The van der Waals surface area contributed by atoms with Crippen molar-refractivity contribution < 1.29 is 19.4 Å². The molecule has 1 rings (SSSR count). The molecule has 0 aliphatic heterocycles. The first kappa shape index (κ1) is 16.2. The van der Waals surface area contributed by atoms with Crippen LogP contribution in [0.2, 0.25) is 0 Å². The fourth-order valence-corrected chi connectivity index (χ4v) is 1.67. The molecule has 0 aliphatic carbocycles. The van der Waals surface area contributed by atoms with Crippen LogP contribution in [0.3, 0.4) is 0 Å². The summed E-state index contributed by atoms with van der Waals surface area (Å²) in [4.78, 5) is 11.6. The molecule has 0 heterocycles. The zero-order chi connectivity index (χ0) is 14.8. The van der Waals surface area contributed by atoms with Crippen molar-refractivity contribution in [3.05, 3.63) is 41.7 Å². The fourth-order valence-electron chi connectivity index (χ4n) is 1.67. The quantitative estimate of drug-likeness (QED) is 0.344. The number of benzene rings is 1. The van der Waals surface area contributed by atoms with E-state index in [4.69, 9.17) is 9.47 Å². The minimum absolute atomic E-state index is 0.185. The SMILES string of the molecule is CCC(O)CCCOC(=Cc1ccccc1)C(=O)OC. The molecular formula is C16H22O4. The van der Waals surface area contributed by atoms with Gasteiger partial charge in [0.05, 0.1) is 19.8 Å². The van der Waals surface area contributed by atoms with Gasteiger partial charge in [-0.15, -0.1) is 0 Å². The van der Waals surface area contributed by atoms with E-state index in [0.29, 0.717) is 19.4 Å². The van der Waals surface area contributed by atoms with Gasteiger partial charge in [0, 0.05) is 0 Å². The highest BCUT2D eigenvalue weighted by molar-refractivity contribution is 5.91. The zero-order valence-corrected chi connectivity index (χ0v) is 12.0. The Morgan fingerprint density at radius 3 is 2.65 bits per heavy atom. The lowest BCUT2D eigenvalue weighted by atomic mass is 10.1. The Balaban J connectivity index is 2.57. The van der Waals surface area contributed by atoms with Gasteiger partial charge >= 0.3 is 5.97 Å². The predicted molar refractivity (Wildman–Crippen MR) is 77.9 cm³/mol. The Labute approximate surface area is 120 Å². The summed E-state index contributed by atoms with van der Waals surface area (Å²) in [6, 6.07) is 9.44. The van der Waals surface area contributed by atoms with Crippen molar-refractivity contribution in [3.63, 3.8) is 0 Å². The average Bonchev–Trinajstić information content (AvgIpc) is 2.50. The third-order valence-corrected chi connectivity index (χ3v) is 2.89. The molecule has 4 heteroatoms. The number of hydrogen-bond acceptors (Lipinski definition) is 4. The van der Waals surface area contributed by atoms with Gasteiger partial charge in [0.1, 0.15) is 0 Å². The maximum Gasteiger partial charge on any atom is 0.373 e. The van der Waals surface area contributed by atoms with Crippen molar-refractivity contribution >= 4 is 12.0 Å². The Bertz CT molecular complexity index is 425. The molecule has 4 nitrogen and oxygen atoms in total. The molecule has 1 aromatic rings. The summed E-state index contributed by atoms with van der Waals surface area (Å²) in [6.07, 6.45) is 3.43. The van der Waals surface area contributed by atoms with Gasteiger partial charge in [0.25, 0.3) is 0 Å². The van der Waals surface area contributed by atoms with E-state index in [0.717, 1.165) is 12.0 Å². The first-order valence-corrected chi connectivity index (χ1v) is 6.83. The summed E-state index contributed by atoms with van der Waals surface area (Å²) in [5.74, 6) is -0.311. The highest BCUT2D eigenvalue weighted by Gasteiger charge is 2.11. The number of ether oxygens (including phenoxy) is 2. The molecule has 0 radical (unpaired) electrons. The standard InChI is InChI=1S/C16H22O4/c1-3-14(17)10-7-11-20-15(16(18)19-2)12-13-8-5-4-6-9-13/h4-6,8-9,12,14,17H,3,7,10-11H2,1-2H3. The minimum atomic E-state index is -0.495. The van der Waals surface area contributed by atoms with Gasteiger partial charge in [-0.1, -0.05) is 37.3 Å². The third kappa shape index (κ3) is 5.89. The molecule has 0 fully saturated rings. The Kier molecular flexibility index (Phi) is 7.43. The number of carbonyl (C=O) groups is 1. The van der Waals surface area contributed by atoms with Crippen LogP contribution in [-0.4, -0.2) is 30.9 Å². The predicted octanol–water partition coefficient (Wildman–Crippen LogP) is 2.77.